The fraction of sp³-hybridized carbons (Fsp3) is 0.500. The predicted molar refractivity (Wildman–Crippen MR) is 78.9 cm³/mol. The van der Waals surface area contributed by atoms with E-state index >= 15 is 0 Å². The number of hydrogen-bond donors (Lipinski definition) is 2. The molecule has 1 atom stereocenters. The molecule has 0 aromatic carbocycles. The molecule has 0 aliphatic carbocycles. The Morgan fingerprint density at radius 2 is 2.40 bits per heavy atom. The van der Waals surface area contributed by atoms with Crippen molar-refractivity contribution in [2.24, 2.45) is 5.73 Å². The topological polar surface area (TPSA) is 94.3 Å². The molecule has 1 saturated heterocycles. The molecule has 0 saturated carbocycles. The highest BCUT2D eigenvalue weighted by molar-refractivity contribution is 7.89. The van der Waals surface area contributed by atoms with Gasteiger partial charge in [-0.05, 0) is 31.9 Å². The van der Waals surface area contributed by atoms with Crippen LogP contribution in [-0.4, -0.2) is 37.1 Å². The molecule has 0 spiro atoms. The van der Waals surface area contributed by atoms with Crippen LogP contribution in [0, 0.1) is 0 Å². The van der Waals surface area contributed by atoms with Crippen molar-refractivity contribution >= 4 is 27.2 Å². The Bertz CT molecular complexity index is 610. The molecule has 3 N–H and O–H groups in total. The van der Waals surface area contributed by atoms with Gasteiger partial charge in [0.05, 0.1) is 5.60 Å². The number of sulfonamides is 1. The normalized spacial score (nSPS) is 22.9. The number of rotatable bonds is 5. The van der Waals surface area contributed by atoms with Gasteiger partial charge in [-0.15, -0.1) is 0 Å². The van der Waals surface area contributed by atoms with E-state index in [-0.39, 0.29) is 22.1 Å². The first kappa shape index (κ1) is 15.3. The summed E-state index contributed by atoms with van der Waals surface area (Å²) < 4.78 is 32.8. The van der Waals surface area contributed by atoms with E-state index in [1.54, 1.807) is 0 Å². The molecule has 1 unspecified atom stereocenters. The maximum Gasteiger partial charge on any atom is 0.242 e. The summed E-state index contributed by atoms with van der Waals surface area (Å²) in [6.45, 7) is 2.75. The molecule has 1 aromatic heterocycles. The van der Waals surface area contributed by atoms with Crippen LogP contribution < -0.4 is 10.5 Å². The van der Waals surface area contributed by atoms with E-state index in [0.717, 1.165) is 12.8 Å². The van der Waals surface area contributed by atoms with Crippen LogP contribution in [0.2, 0.25) is 0 Å². The van der Waals surface area contributed by atoms with Crippen molar-refractivity contribution in [3.63, 3.8) is 0 Å². The molecule has 110 valence electrons. The largest absolute Gasteiger partial charge is 0.388 e. The Kier molecular flexibility index (Phi) is 4.38. The highest BCUT2D eigenvalue weighted by Gasteiger charge is 2.32. The van der Waals surface area contributed by atoms with Crippen molar-refractivity contribution in [1.29, 1.82) is 0 Å². The van der Waals surface area contributed by atoms with Crippen LogP contribution in [0.1, 0.15) is 25.5 Å². The molecule has 1 aliphatic heterocycles. The fourth-order valence-electron chi connectivity index (χ4n) is 2.09. The van der Waals surface area contributed by atoms with E-state index in [4.69, 9.17) is 22.7 Å². The quantitative estimate of drug-likeness (QED) is 0.771. The Morgan fingerprint density at radius 1 is 1.65 bits per heavy atom. The summed E-state index contributed by atoms with van der Waals surface area (Å²) in [5.41, 5.74) is 5.15. The second-order valence-electron chi connectivity index (χ2n) is 4.94. The van der Waals surface area contributed by atoms with Gasteiger partial charge in [0.25, 0.3) is 0 Å². The molecular formula is C12H17N3O3S2. The van der Waals surface area contributed by atoms with Gasteiger partial charge >= 0.3 is 0 Å². The molecule has 20 heavy (non-hydrogen) atoms. The maximum absolute atomic E-state index is 12.3. The predicted octanol–water partition coefficient (Wildman–Crippen LogP) is 0.563. The summed E-state index contributed by atoms with van der Waals surface area (Å²) in [6, 6.07) is 2.96. The maximum atomic E-state index is 12.3. The van der Waals surface area contributed by atoms with Crippen molar-refractivity contribution in [3.8, 4) is 0 Å². The Labute approximate surface area is 123 Å². The number of thiocarbonyl (C=S) groups is 1. The van der Waals surface area contributed by atoms with E-state index in [9.17, 15) is 8.42 Å². The van der Waals surface area contributed by atoms with Gasteiger partial charge in [-0.25, -0.2) is 13.1 Å². The van der Waals surface area contributed by atoms with Gasteiger partial charge < -0.3 is 10.5 Å². The Hall–Kier alpha value is -1.09. The van der Waals surface area contributed by atoms with E-state index in [0.29, 0.717) is 6.61 Å². The van der Waals surface area contributed by atoms with Gasteiger partial charge in [-0.2, -0.15) is 0 Å². The van der Waals surface area contributed by atoms with Crippen LogP contribution in [0.3, 0.4) is 0 Å². The number of nitrogens with one attached hydrogen (secondary N) is 1. The van der Waals surface area contributed by atoms with Gasteiger partial charge in [0.15, 0.2) is 0 Å². The van der Waals surface area contributed by atoms with Crippen LogP contribution >= 0.6 is 12.2 Å². The van der Waals surface area contributed by atoms with Crippen molar-refractivity contribution in [2.75, 3.05) is 13.2 Å². The zero-order chi connectivity index (χ0) is 14.8. The number of ether oxygens (including phenoxy) is 1. The fourth-order valence-corrected chi connectivity index (χ4v) is 3.65. The minimum atomic E-state index is -3.72. The van der Waals surface area contributed by atoms with E-state index < -0.39 is 15.6 Å². The number of nitrogens with two attached hydrogens (primary N) is 1. The van der Waals surface area contributed by atoms with Crippen LogP contribution in [-0.2, 0) is 14.8 Å². The molecule has 2 rings (SSSR count). The van der Waals surface area contributed by atoms with Crippen molar-refractivity contribution in [1.82, 2.24) is 9.71 Å². The Morgan fingerprint density at radius 3 is 3.00 bits per heavy atom. The molecule has 1 aromatic rings. The van der Waals surface area contributed by atoms with Crippen molar-refractivity contribution in [2.45, 2.75) is 30.3 Å². The molecule has 1 fully saturated rings. The standard InChI is InChI=1S/C12H17N3O3S2/c1-12(5-3-7-18-12)8-15-20(16,17)9-4-2-6-14-10(9)11(13)19/h2,4,6,15H,3,5,7-8H2,1H3,(H2,13,19). The summed E-state index contributed by atoms with van der Waals surface area (Å²) >= 11 is 4.83. The highest BCUT2D eigenvalue weighted by Crippen LogP contribution is 2.24. The summed E-state index contributed by atoms with van der Waals surface area (Å²) in [6.07, 6.45) is 3.21. The van der Waals surface area contributed by atoms with Crippen LogP contribution in [0.4, 0.5) is 0 Å². The van der Waals surface area contributed by atoms with Crippen LogP contribution in [0.15, 0.2) is 23.2 Å². The van der Waals surface area contributed by atoms with Crippen molar-refractivity contribution in [3.05, 3.63) is 24.0 Å². The van der Waals surface area contributed by atoms with Gasteiger partial charge in [0.1, 0.15) is 15.6 Å². The molecular weight excluding hydrogens is 298 g/mol. The molecule has 6 nitrogen and oxygen atoms in total. The smallest absolute Gasteiger partial charge is 0.242 e. The molecule has 2 heterocycles. The van der Waals surface area contributed by atoms with E-state index in [1.165, 1.54) is 18.3 Å². The number of hydrogen-bond acceptors (Lipinski definition) is 5. The summed E-state index contributed by atoms with van der Waals surface area (Å²) in [7, 11) is -3.72. The highest BCUT2D eigenvalue weighted by atomic mass is 32.2. The van der Waals surface area contributed by atoms with E-state index in [2.05, 4.69) is 9.71 Å². The lowest BCUT2D eigenvalue weighted by molar-refractivity contribution is 0.0250. The Balaban J connectivity index is 2.20. The van der Waals surface area contributed by atoms with E-state index in [1.807, 2.05) is 6.92 Å². The third-order valence-electron chi connectivity index (χ3n) is 3.23. The second kappa shape index (κ2) is 5.72. The van der Waals surface area contributed by atoms with Crippen molar-refractivity contribution < 1.29 is 13.2 Å². The SMILES string of the molecule is CC1(CNS(=O)(=O)c2cccnc2C(N)=S)CCCO1. The van der Waals surface area contributed by atoms with Crippen LogP contribution in [0.5, 0.6) is 0 Å². The monoisotopic (exact) mass is 315 g/mol. The minimum Gasteiger partial charge on any atom is -0.388 e. The summed E-state index contributed by atoms with van der Waals surface area (Å²) in [5, 5.41) is 0. The summed E-state index contributed by atoms with van der Waals surface area (Å²) in [5.74, 6) is 0. The number of aromatic nitrogens is 1. The lowest BCUT2D eigenvalue weighted by Crippen LogP contribution is -2.40. The van der Waals surface area contributed by atoms with Gasteiger partial charge in [0.2, 0.25) is 10.0 Å². The zero-order valence-corrected chi connectivity index (χ0v) is 12.8. The first-order valence-electron chi connectivity index (χ1n) is 6.22. The van der Waals surface area contributed by atoms with Gasteiger partial charge in [-0.3, -0.25) is 4.98 Å². The second-order valence-corrected chi connectivity index (χ2v) is 7.12. The minimum absolute atomic E-state index is 0.00547. The molecule has 0 radical (unpaired) electrons. The average Bonchev–Trinajstić information content (AvgIpc) is 2.84. The van der Waals surface area contributed by atoms with Gasteiger partial charge in [0, 0.05) is 19.3 Å². The third kappa shape index (κ3) is 3.32. The number of nitrogens with zero attached hydrogens (tertiary/aromatic N) is 1. The first-order valence-corrected chi connectivity index (χ1v) is 8.12. The van der Waals surface area contributed by atoms with Gasteiger partial charge in [-0.1, -0.05) is 12.2 Å². The molecule has 1 aliphatic rings. The lowest BCUT2D eigenvalue weighted by atomic mass is 10.0. The third-order valence-corrected chi connectivity index (χ3v) is 4.86. The molecule has 0 bridgehead atoms. The first-order chi connectivity index (χ1) is 9.34. The van der Waals surface area contributed by atoms with Crippen LogP contribution in [0.25, 0.3) is 0 Å². The zero-order valence-electron chi connectivity index (χ0n) is 11.1. The molecule has 0 amide bonds. The number of pyridine rings is 1. The summed E-state index contributed by atoms with van der Waals surface area (Å²) in [4.78, 5) is 3.87. The lowest BCUT2D eigenvalue weighted by Gasteiger charge is -2.23. The average molecular weight is 315 g/mol. The molecule has 8 heteroatoms.